The van der Waals surface area contributed by atoms with Crippen LogP contribution in [0.25, 0.3) is 33.0 Å². The summed E-state index contributed by atoms with van der Waals surface area (Å²) in [6, 6.07) is 27.2. The van der Waals surface area contributed by atoms with Gasteiger partial charge in [0.2, 0.25) is 11.6 Å². The Morgan fingerprint density at radius 3 is 2.19 bits per heavy atom. The van der Waals surface area contributed by atoms with Crippen LogP contribution in [0.4, 0.5) is 5.95 Å². The summed E-state index contributed by atoms with van der Waals surface area (Å²) in [6.45, 7) is 2.69. The van der Waals surface area contributed by atoms with Gasteiger partial charge in [0, 0.05) is 48.9 Å². The summed E-state index contributed by atoms with van der Waals surface area (Å²) < 4.78 is 5.42. The Bertz CT molecular complexity index is 2510. The van der Waals surface area contributed by atoms with Crippen molar-refractivity contribution in [2.75, 3.05) is 32.9 Å². The molecule has 7 aromatic rings. The fourth-order valence-corrected chi connectivity index (χ4v) is 7.12. The molecule has 1 amide bonds. The number of aromatic nitrogens is 5. The molecule has 0 saturated carbocycles. The van der Waals surface area contributed by atoms with Crippen LogP contribution >= 0.6 is 59.6 Å². The molecule has 57 heavy (non-hydrogen) atoms. The highest BCUT2D eigenvalue weighted by atomic mass is 35.5. The molecular formula is C40H45Cl5N10O2. The van der Waals surface area contributed by atoms with Crippen molar-refractivity contribution in [2.45, 2.75) is 32.5 Å². The summed E-state index contributed by atoms with van der Waals surface area (Å²) >= 11 is 18.7. The van der Waals surface area contributed by atoms with E-state index in [-0.39, 0.29) is 54.8 Å². The van der Waals surface area contributed by atoms with Crippen LogP contribution in [-0.2, 0) is 19.6 Å². The second-order valence-electron chi connectivity index (χ2n) is 12.7. The first kappa shape index (κ1) is 46.7. The lowest BCUT2D eigenvalue weighted by Gasteiger charge is -2.18. The summed E-state index contributed by atoms with van der Waals surface area (Å²) in [6.07, 6.45) is 3.27. The van der Waals surface area contributed by atoms with Crippen molar-refractivity contribution in [3.63, 3.8) is 0 Å². The van der Waals surface area contributed by atoms with E-state index in [2.05, 4.69) is 15.3 Å². The minimum atomic E-state index is -0.131. The molecule has 0 unspecified atom stereocenters. The first-order valence-corrected chi connectivity index (χ1v) is 18.6. The Labute approximate surface area is 357 Å². The van der Waals surface area contributed by atoms with E-state index >= 15 is 0 Å². The summed E-state index contributed by atoms with van der Waals surface area (Å²) in [7, 11) is 3.69. The molecule has 4 aromatic carbocycles. The highest BCUT2D eigenvalue weighted by molar-refractivity contribution is 6.35. The lowest BCUT2D eigenvalue weighted by molar-refractivity contribution is 0.0793. The number of rotatable bonds is 12. The smallest absolute Gasteiger partial charge is 0.255 e. The number of para-hydroxylation sites is 3. The molecule has 0 aliphatic rings. The molecule has 302 valence electrons. The number of anilines is 1. The van der Waals surface area contributed by atoms with E-state index in [4.69, 9.17) is 45.9 Å². The predicted octanol–water partition coefficient (Wildman–Crippen LogP) is 8.71. The van der Waals surface area contributed by atoms with Gasteiger partial charge < -0.3 is 35.8 Å². The van der Waals surface area contributed by atoms with Gasteiger partial charge in [-0.25, -0.2) is 4.98 Å². The molecule has 0 atom stereocenters. The molecule has 0 spiro atoms. The van der Waals surface area contributed by atoms with Crippen molar-refractivity contribution >= 4 is 110 Å². The molecule has 17 heteroatoms. The summed E-state index contributed by atoms with van der Waals surface area (Å²) in [5.74, 6) is 0.284. The number of fused-ring (bicyclic) bond motifs is 3. The van der Waals surface area contributed by atoms with Gasteiger partial charge in [0.25, 0.3) is 5.91 Å². The van der Waals surface area contributed by atoms with Gasteiger partial charge in [0.05, 0.1) is 49.7 Å². The third kappa shape index (κ3) is 10.5. The molecule has 12 nitrogen and oxygen atoms in total. The van der Waals surface area contributed by atoms with Gasteiger partial charge in [0.15, 0.2) is 5.78 Å². The first-order chi connectivity index (χ1) is 26.1. The van der Waals surface area contributed by atoms with Gasteiger partial charge in [-0.3, -0.25) is 20.0 Å². The predicted molar refractivity (Wildman–Crippen MR) is 237 cm³/mol. The number of nitrogen functional groups attached to an aromatic ring is 1. The molecule has 7 N–H and O–H groups in total. The summed E-state index contributed by atoms with van der Waals surface area (Å²) in [5, 5.41) is 14.6. The van der Waals surface area contributed by atoms with Gasteiger partial charge in [-0.15, -0.1) is 24.8 Å². The fourth-order valence-electron chi connectivity index (χ4n) is 6.45. The number of aryl methyl sites for hydroxylation is 2. The van der Waals surface area contributed by atoms with Gasteiger partial charge in [-0.2, -0.15) is 0 Å². The number of ketones is 1. The maximum atomic E-state index is 13.2. The average molecular weight is 875 g/mol. The molecular weight excluding hydrogens is 830 g/mol. The Balaban J connectivity index is 0.000000387. The highest BCUT2D eigenvalue weighted by Crippen LogP contribution is 2.26. The Hall–Kier alpha value is -4.66. The second kappa shape index (κ2) is 21.2. The number of halogens is 5. The number of hydrogen-bond donors (Lipinski definition) is 4. The van der Waals surface area contributed by atoms with E-state index in [9.17, 15) is 9.59 Å². The zero-order valence-electron chi connectivity index (χ0n) is 31.4. The van der Waals surface area contributed by atoms with Crippen LogP contribution in [0.3, 0.4) is 0 Å². The van der Waals surface area contributed by atoms with Crippen LogP contribution in [0.2, 0.25) is 15.1 Å². The van der Waals surface area contributed by atoms with Crippen molar-refractivity contribution in [2.24, 2.45) is 0 Å². The number of benzene rings is 4. The van der Waals surface area contributed by atoms with Crippen LogP contribution in [0.5, 0.6) is 0 Å². The third-order valence-corrected chi connectivity index (χ3v) is 10.0. The van der Waals surface area contributed by atoms with Crippen molar-refractivity contribution in [1.82, 2.24) is 40.0 Å². The van der Waals surface area contributed by atoms with E-state index in [0.29, 0.717) is 68.2 Å². The number of hydrogen-bond acceptors (Lipinski definition) is 8. The van der Waals surface area contributed by atoms with Gasteiger partial charge in [0.1, 0.15) is 0 Å². The van der Waals surface area contributed by atoms with Crippen LogP contribution in [0.1, 0.15) is 33.6 Å². The first-order valence-electron chi connectivity index (χ1n) is 17.4. The van der Waals surface area contributed by atoms with Crippen LogP contribution in [0, 0.1) is 5.41 Å². The van der Waals surface area contributed by atoms with E-state index in [0.717, 1.165) is 35.9 Å². The normalized spacial score (nSPS) is 10.6. The zero-order valence-corrected chi connectivity index (χ0v) is 35.3. The molecule has 0 fully saturated rings. The Morgan fingerprint density at radius 1 is 0.825 bits per heavy atom. The largest absolute Gasteiger partial charge is 0.369 e. The minimum Gasteiger partial charge on any atom is -0.369 e. The molecule has 0 radical (unpaired) electrons. The lowest BCUT2D eigenvalue weighted by atomic mass is 10.1. The molecule has 0 aliphatic carbocycles. The van der Waals surface area contributed by atoms with Crippen molar-refractivity contribution in [1.29, 1.82) is 5.41 Å². The fraction of sp³-hybridized carbons (Fsp3) is 0.225. The van der Waals surface area contributed by atoms with Crippen molar-refractivity contribution in [3.8, 4) is 0 Å². The number of nitrogens with two attached hydrogens (primary N) is 1. The van der Waals surface area contributed by atoms with Crippen molar-refractivity contribution in [3.05, 3.63) is 129 Å². The van der Waals surface area contributed by atoms with Crippen LogP contribution in [-0.4, -0.2) is 67.4 Å². The lowest BCUT2D eigenvalue weighted by Crippen LogP contribution is -2.31. The SMILES string of the molecule is CN(CCCn1c(=N)n(CC(=O)c2ccc(Cl)cc2)c2cccc(Cl)c21)C(=O)c1cccc2cccnc12.CNCCCn1c(N)nc2cccc(Cl)c21.Cl.Cl.N. The maximum absolute atomic E-state index is 13.2. The molecule has 0 aliphatic heterocycles. The van der Waals surface area contributed by atoms with Gasteiger partial charge >= 0.3 is 0 Å². The summed E-state index contributed by atoms with van der Waals surface area (Å²) in [5.41, 5.74) is 11.0. The van der Waals surface area contributed by atoms with E-state index in [1.807, 2.05) is 66.2 Å². The third-order valence-electron chi connectivity index (χ3n) is 9.15. The molecule has 3 aromatic heterocycles. The maximum Gasteiger partial charge on any atom is 0.255 e. The molecule has 0 saturated heterocycles. The van der Waals surface area contributed by atoms with E-state index in [1.165, 1.54) is 0 Å². The number of nitrogens with one attached hydrogen (secondary N) is 2. The molecule has 3 heterocycles. The number of nitrogens with zero attached hydrogens (tertiary/aromatic N) is 6. The van der Waals surface area contributed by atoms with Gasteiger partial charge in [-0.1, -0.05) is 65.1 Å². The standard InChI is InChI=1S/C29H25Cl2N5O2.C11H15ClN4.2ClH.H3N/c1-34(28(38)22-8-2-6-20-7-4-15-33-26(20)22)16-5-17-35-27-23(31)9-3-10-24(27)36(29(35)32)18-25(37)19-11-13-21(30)14-12-19;1-14-6-3-7-16-10-8(12)4-2-5-9(10)15-11(16)13;;;/h2-4,6-15,32H,5,16-18H2,1H3;2,4-5,14H,3,6-7H2,1H3,(H2,13,15);2*1H;1H3. The Kier molecular flexibility index (Phi) is 17.4. The quantitative estimate of drug-likeness (QED) is 0.0702. The number of Topliss-reactive ketones (excluding diaryl/α,β-unsaturated/α-hetero) is 1. The van der Waals surface area contributed by atoms with E-state index < -0.39 is 0 Å². The second-order valence-corrected chi connectivity index (χ2v) is 14.0. The topological polar surface area (TPSA) is 175 Å². The number of carbonyl (C=O) groups is 2. The van der Waals surface area contributed by atoms with E-state index in [1.54, 1.807) is 63.7 Å². The number of imidazole rings is 2. The number of pyridine rings is 1. The molecule has 0 bridgehead atoms. The monoisotopic (exact) mass is 872 g/mol. The minimum absolute atomic E-state index is 0. The Morgan fingerprint density at radius 2 is 1.47 bits per heavy atom. The number of carbonyl (C=O) groups excluding carboxylic acids is 2. The molecule has 7 rings (SSSR count). The number of amides is 1. The van der Waals surface area contributed by atoms with Gasteiger partial charge in [-0.05, 0) is 87.1 Å². The van der Waals surface area contributed by atoms with Crippen LogP contribution < -0.4 is 22.8 Å². The highest BCUT2D eigenvalue weighted by Gasteiger charge is 2.19. The zero-order chi connectivity index (χ0) is 38.4. The average Bonchev–Trinajstić information content (AvgIpc) is 3.64. The van der Waals surface area contributed by atoms with Crippen molar-refractivity contribution < 1.29 is 9.59 Å². The summed E-state index contributed by atoms with van der Waals surface area (Å²) in [4.78, 5) is 36.5. The van der Waals surface area contributed by atoms with Crippen LogP contribution in [0.15, 0.2) is 97.2 Å².